The van der Waals surface area contributed by atoms with E-state index in [4.69, 9.17) is 5.11 Å². The van der Waals surface area contributed by atoms with Gasteiger partial charge < -0.3 is 5.11 Å². The van der Waals surface area contributed by atoms with E-state index in [9.17, 15) is 4.79 Å². The first-order valence-electron chi connectivity index (χ1n) is 5.47. The average Bonchev–Trinajstić information content (AvgIpc) is 3.07. The van der Waals surface area contributed by atoms with Gasteiger partial charge in [0.15, 0.2) is 0 Å². The molecule has 86 valence electrons. The van der Waals surface area contributed by atoms with Gasteiger partial charge in [-0.05, 0) is 18.9 Å². The quantitative estimate of drug-likeness (QED) is 0.873. The van der Waals surface area contributed by atoms with E-state index in [1.807, 2.05) is 10.9 Å². The fraction of sp³-hybridized carbons (Fsp3) is 0.250. The van der Waals surface area contributed by atoms with Crippen LogP contribution in [0.25, 0.3) is 11.1 Å². The van der Waals surface area contributed by atoms with Crippen LogP contribution in [0.15, 0.2) is 30.9 Å². The van der Waals surface area contributed by atoms with Crippen molar-refractivity contribution in [3.8, 4) is 11.1 Å². The SMILES string of the molecule is O=C(O)c1cncc(-c2cnn(C3CC3)c2)c1. The highest BCUT2D eigenvalue weighted by atomic mass is 16.4. The minimum Gasteiger partial charge on any atom is -0.478 e. The van der Waals surface area contributed by atoms with Crippen molar-refractivity contribution < 1.29 is 9.90 Å². The third-order valence-electron chi connectivity index (χ3n) is 2.84. The molecule has 0 spiro atoms. The molecule has 0 unspecified atom stereocenters. The van der Waals surface area contributed by atoms with E-state index in [1.165, 1.54) is 19.0 Å². The Labute approximate surface area is 97.7 Å². The third kappa shape index (κ3) is 1.91. The van der Waals surface area contributed by atoms with Crippen molar-refractivity contribution in [1.82, 2.24) is 14.8 Å². The van der Waals surface area contributed by atoms with Crippen molar-refractivity contribution in [2.75, 3.05) is 0 Å². The highest BCUT2D eigenvalue weighted by Gasteiger charge is 2.24. The highest BCUT2D eigenvalue weighted by Crippen LogP contribution is 2.35. The lowest BCUT2D eigenvalue weighted by Gasteiger charge is -1.98. The van der Waals surface area contributed by atoms with E-state index in [2.05, 4.69) is 10.1 Å². The van der Waals surface area contributed by atoms with Crippen LogP contribution in [0.5, 0.6) is 0 Å². The average molecular weight is 229 g/mol. The molecule has 0 atom stereocenters. The van der Waals surface area contributed by atoms with Gasteiger partial charge >= 0.3 is 5.97 Å². The molecule has 0 bridgehead atoms. The van der Waals surface area contributed by atoms with Gasteiger partial charge in [-0.15, -0.1) is 0 Å². The van der Waals surface area contributed by atoms with E-state index >= 15 is 0 Å². The molecule has 0 radical (unpaired) electrons. The number of hydrogen-bond donors (Lipinski definition) is 1. The number of carbonyl (C=O) groups is 1. The number of nitrogens with zero attached hydrogens (tertiary/aromatic N) is 3. The van der Waals surface area contributed by atoms with Gasteiger partial charge in [0, 0.05) is 29.7 Å². The molecule has 1 saturated carbocycles. The standard InChI is InChI=1S/C12H11N3O2/c16-12(17)9-3-8(4-13-5-9)10-6-14-15(7-10)11-1-2-11/h3-7,11H,1-2H2,(H,16,17). The summed E-state index contributed by atoms with van der Waals surface area (Å²) in [5, 5.41) is 13.2. The monoisotopic (exact) mass is 229 g/mol. The number of carboxylic acids is 1. The van der Waals surface area contributed by atoms with Crippen LogP contribution in [0, 0.1) is 0 Å². The molecule has 17 heavy (non-hydrogen) atoms. The van der Waals surface area contributed by atoms with Gasteiger partial charge in [0.2, 0.25) is 0 Å². The molecule has 1 N–H and O–H groups in total. The normalized spacial score (nSPS) is 14.8. The van der Waals surface area contributed by atoms with Gasteiger partial charge in [0.1, 0.15) is 0 Å². The summed E-state index contributed by atoms with van der Waals surface area (Å²) >= 11 is 0. The maximum absolute atomic E-state index is 10.8. The summed E-state index contributed by atoms with van der Waals surface area (Å²) in [6.07, 6.45) is 9.04. The lowest BCUT2D eigenvalue weighted by Crippen LogP contribution is -1.97. The first kappa shape index (κ1) is 10.0. The van der Waals surface area contributed by atoms with Crippen molar-refractivity contribution in [1.29, 1.82) is 0 Å². The molecular weight excluding hydrogens is 218 g/mol. The van der Waals surface area contributed by atoms with Crippen LogP contribution in [0.4, 0.5) is 0 Å². The molecule has 1 fully saturated rings. The van der Waals surface area contributed by atoms with Crippen LogP contribution in [-0.4, -0.2) is 25.8 Å². The molecule has 5 nitrogen and oxygen atoms in total. The van der Waals surface area contributed by atoms with Gasteiger partial charge in [-0.2, -0.15) is 5.10 Å². The van der Waals surface area contributed by atoms with Crippen LogP contribution in [0.3, 0.4) is 0 Å². The van der Waals surface area contributed by atoms with E-state index in [1.54, 1.807) is 18.5 Å². The van der Waals surface area contributed by atoms with Crippen LogP contribution >= 0.6 is 0 Å². The van der Waals surface area contributed by atoms with Crippen molar-refractivity contribution in [2.24, 2.45) is 0 Å². The van der Waals surface area contributed by atoms with Crippen molar-refractivity contribution in [2.45, 2.75) is 18.9 Å². The van der Waals surface area contributed by atoms with Crippen LogP contribution < -0.4 is 0 Å². The summed E-state index contributed by atoms with van der Waals surface area (Å²) in [5.74, 6) is -0.964. The predicted molar refractivity (Wildman–Crippen MR) is 60.7 cm³/mol. The first-order valence-corrected chi connectivity index (χ1v) is 5.47. The van der Waals surface area contributed by atoms with Crippen LogP contribution in [0.2, 0.25) is 0 Å². The van der Waals surface area contributed by atoms with Gasteiger partial charge in [0.05, 0.1) is 17.8 Å². The summed E-state index contributed by atoms with van der Waals surface area (Å²) in [6.45, 7) is 0. The molecule has 0 aromatic carbocycles. The van der Waals surface area contributed by atoms with Gasteiger partial charge in [-0.25, -0.2) is 4.79 Å². The Morgan fingerprint density at radius 2 is 2.12 bits per heavy atom. The molecule has 2 aromatic rings. The number of rotatable bonds is 3. The number of hydrogen-bond acceptors (Lipinski definition) is 3. The minimum absolute atomic E-state index is 0.196. The van der Waals surface area contributed by atoms with Crippen LogP contribution in [-0.2, 0) is 0 Å². The predicted octanol–water partition coefficient (Wildman–Crippen LogP) is 1.98. The number of carboxylic acid groups (broad SMARTS) is 1. The van der Waals surface area contributed by atoms with Gasteiger partial charge in [-0.3, -0.25) is 9.67 Å². The smallest absolute Gasteiger partial charge is 0.337 e. The lowest BCUT2D eigenvalue weighted by molar-refractivity contribution is 0.0696. The Kier molecular flexibility index (Phi) is 2.18. The Morgan fingerprint density at radius 3 is 2.82 bits per heavy atom. The lowest BCUT2D eigenvalue weighted by atomic mass is 10.1. The summed E-state index contributed by atoms with van der Waals surface area (Å²) in [7, 11) is 0. The maximum atomic E-state index is 10.8. The summed E-state index contributed by atoms with van der Waals surface area (Å²) < 4.78 is 1.93. The van der Waals surface area contributed by atoms with Crippen molar-refractivity contribution in [3.63, 3.8) is 0 Å². The number of aromatic nitrogens is 3. The minimum atomic E-state index is -0.964. The number of pyridine rings is 1. The Bertz CT molecular complexity index is 573. The summed E-state index contributed by atoms with van der Waals surface area (Å²) in [6, 6.07) is 2.14. The topological polar surface area (TPSA) is 68.0 Å². The summed E-state index contributed by atoms with van der Waals surface area (Å²) in [5.41, 5.74) is 1.89. The molecule has 2 heterocycles. The first-order chi connectivity index (χ1) is 8.24. The van der Waals surface area contributed by atoms with E-state index in [0.717, 1.165) is 11.1 Å². The second-order valence-corrected chi connectivity index (χ2v) is 4.21. The second-order valence-electron chi connectivity index (χ2n) is 4.21. The molecule has 5 heteroatoms. The highest BCUT2D eigenvalue weighted by molar-refractivity contribution is 5.88. The van der Waals surface area contributed by atoms with Gasteiger partial charge in [0.25, 0.3) is 0 Å². The Morgan fingerprint density at radius 1 is 1.29 bits per heavy atom. The zero-order valence-corrected chi connectivity index (χ0v) is 9.08. The second kappa shape index (κ2) is 3.69. The van der Waals surface area contributed by atoms with E-state index < -0.39 is 5.97 Å². The fourth-order valence-electron chi connectivity index (χ4n) is 1.74. The van der Waals surface area contributed by atoms with Crippen molar-refractivity contribution in [3.05, 3.63) is 36.4 Å². The zero-order valence-electron chi connectivity index (χ0n) is 9.08. The van der Waals surface area contributed by atoms with E-state index in [0.29, 0.717) is 6.04 Å². The molecule has 0 saturated heterocycles. The van der Waals surface area contributed by atoms with Crippen molar-refractivity contribution >= 4 is 5.97 Å². The maximum Gasteiger partial charge on any atom is 0.337 e. The van der Waals surface area contributed by atoms with E-state index in [-0.39, 0.29) is 5.56 Å². The summed E-state index contributed by atoms with van der Waals surface area (Å²) in [4.78, 5) is 14.8. The Balaban J connectivity index is 1.96. The molecule has 1 aliphatic rings. The number of aromatic carboxylic acids is 1. The molecule has 1 aliphatic carbocycles. The largest absolute Gasteiger partial charge is 0.478 e. The molecule has 3 rings (SSSR count). The van der Waals surface area contributed by atoms with Crippen LogP contribution in [0.1, 0.15) is 29.2 Å². The van der Waals surface area contributed by atoms with Gasteiger partial charge in [-0.1, -0.05) is 0 Å². The molecular formula is C12H11N3O2. The zero-order chi connectivity index (χ0) is 11.8. The molecule has 2 aromatic heterocycles. The molecule has 0 aliphatic heterocycles. The fourth-order valence-corrected chi connectivity index (χ4v) is 1.74. The Hall–Kier alpha value is -2.17. The third-order valence-corrected chi connectivity index (χ3v) is 2.84. The molecule has 0 amide bonds.